The molecule has 2 amide bonds. The number of para-hydroxylation sites is 1. The summed E-state index contributed by atoms with van der Waals surface area (Å²) in [5, 5.41) is 5.39. The molecule has 0 spiro atoms. The highest BCUT2D eigenvalue weighted by Gasteiger charge is 2.18. The number of hydrogen-bond acceptors (Lipinski definition) is 2. The van der Waals surface area contributed by atoms with Gasteiger partial charge >= 0.3 is 11.8 Å². The van der Waals surface area contributed by atoms with E-state index in [0.29, 0.717) is 5.69 Å². The Balaban J connectivity index is 2.02. The summed E-state index contributed by atoms with van der Waals surface area (Å²) in [6.45, 7) is 5.64. The largest absolute Gasteiger partial charge is 0.341 e. The van der Waals surface area contributed by atoms with Crippen LogP contribution in [-0.2, 0) is 9.59 Å². The molecule has 0 fully saturated rings. The first-order valence-corrected chi connectivity index (χ1v) is 7.22. The molecule has 4 heteroatoms. The lowest BCUT2D eigenvalue weighted by Crippen LogP contribution is -2.37. The van der Waals surface area contributed by atoms with Crippen molar-refractivity contribution in [3.63, 3.8) is 0 Å². The van der Waals surface area contributed by atoms with Crippen LogP contribution in [0.15, 0.2) is 48.5 Å². The molecule has 0 heterocycles. The summed E-state index contributed by atoms with van der Waals surface area (Å²) in [6.07, 6.45) is 0. The van der Waals surface area contributed by atoms with Crippen LogP contribution >= 0.6 is 0 Å². The zero-order valence-corrected chi connectivity index (χ0v) is 13.0. The van der Waals surface area contributed by atoms with Gasteiger partial charge in [-0.25, -0.2) is 0 Å². The number of carbonyl (C=O) groups excluding carboxylic acids is 2. The zero-order chi connectivity index (χ0) is 16.1. The van der Waals surface area contributed by atoms with E-state index in [4.69, 9.17) is 0 Å². The van der Waals surface area contributed by atoms with E-state index in [2.05, 4.69) is 10.6 Å². The van der Waals surface area contributed by atoms with Crippen LogP contribution in [0, 0.1) is 13.8 Å². The van der Waals surface area contributed by atoms with Gasteiger partial charge in [0.15, 0.2) is 0 Å². The average Bonchev–Trinajstić information content (AvgIpc) is 2.51. The van der Waals surface area contributed by atoms with Crippen LogP contribution in [0.25, 0.3) is 0 Å². The highest BCUT2D eigenvalue weighted by molar-refractivity contribution is 6.39. The molecule has 0 bridgehead atoms. The Morgan fingerprint density at radius 1 is 0.864 bits per heavy atom. The number of benzene rings is 2. The fourth-order valence-electron chi connectivity index (χ4n) is 2.27. The molecule has 4 nitrogen and oxygen atoms in total. The smallest absolute Gasteiger partial charge is 0.313 e. The van der Waals surface area contributed by atoms with Crippen molar-refractivity contribution in [3.05, 3.63) is 65.2 Å². The van der Waals surface area contributed by atoms with E-state index in [0.717, 1.165) is 16.7 Å². The monoisotopic (exact) mass is 296 g/mol. The Kier molecular flexibility index (Phi) is 4.94. The third-order valence-electron chi connectivity index (χ3n) is 3.57. The van der Waals surface area contributed by atoms with Crippen LogP contribution < -0.4 is 10.6 Å². The molecule has 2 N–H and O–H groups in total. The normalized spacial score (nSPS) is 11.6. The fraction of sp³-hybridized carbons (Fsp3) is 0.222. The molecule has 2 aromatic rings. The van der Waals surface area contributed by atoms with Gasteiger partial charge in [0.1, 0.15) is 0 Å². The molecule has 1 atom stereocenters. The van der Waals surface area contributed by atoms with Gasteiger partial charge < -0.3 is 10.6 Å². The average molecular weight is 296 g/mol. The second-order valence-corrected chi connectivity index (χ2v) is 5.33. The molecule has 0 aliphatic rings. The van der Waals surface area contributed by atoms with E-state index < -0.39 is 11.8 Å². The van der Waals surface area contributed by atoms with Gasteiger partial charge in [-0.2, -0.15) is 0 Å². The minimum absolute atomic E-state index is 0.225. The topological polar surface area (TPSA) is 58.2 Å². The minimum atomic E-state index is -0.653. The van der Waals surface area contributed by atoms with Crippen molar-refractivity contribution in [2.24, 2.45) is 0 Å². The van der Waals surface area contributed by atoms with Crippen molar-refractivity contribution >= 4 is 17.5 Å². The van der Waals surface area contributed by atoms with E-state index in [1.165, 1.54) is 0 Å². The molecule has 22 heavy (non-hydrogen) atoms. The Hall–Kier alpha value is -2.62. The molecule has 0 aliphatic heterocycles. The highest BCUT2D eigenvalue weighted by Crippen LogP contribution is 2.19. The first-order chi connectivity index (χ1) is 10.5. The quantitative estimate of drug-likeness (QED) is 0.855. The second-order valence-electron chi connectivity index (χ2n) is 5.33. The summed E-state index contributed by atoms with van der Waals surface area (Å²) >= 11 is 0. The van der Waals surface area contributed by atoms with Crippen LogP contribution in [0.1, 0.15) is 29.7 Å². The van der Waals surface area contributed by atoms with E-state index in [9.17, 15) is 9.59 Å². The predicted molar refractivity (Wildman–Crippen MR) is 87.5 cm³/mol. The number of nitrogens with one attached hydrogen (secondary N) is 2. The third-order valence-corrected chi connectivity index (χ3v) is 3.57. The second kappa shape index (κ2) is 6.89. The summed E-state index contributed by atoms with van der Waals surface area (Å²) < 4.78 is 0. The number of carbonyl (C=O) groups is 2. The van der Waals surface area contributed by atoms with Crippen LogP contribution in [0.3, 0.4) is 0 Å². The zero-order valence-electron chi connectivity index (χ0n) is 13.0. The maximum atomic E-state index is 12.1. The van der Waals surface area contributed by atoms with Crippen molar-refractivity contribution < 1.29 is 9.59 Å². The molecular formula is C18H20N2O2. The fourth-order valence-corrected chi connectivity index (χ4v) is 2.27. The highest BCUT2D eigenvalue weighted by atomic mass is 16.2. The first kappa shape index (κ1) is 15.8. The maximum absolute atomic E-state index is 12.1. The number of anilines is 1. The molecule has 0 saturated heterocycles. The molecular weight excluding hydrogens is 276 g/mol. The number of aryl methyl sites for hydroxylation is 2. The van der Waals surface area contributed by atoms with Crippen molar-refractivity contribution in [2.45, 2.75) is 26.8 Å². The van der Waals surface area contributed by atoms with Crippen molar-refractivity contribution in [1.29, 1.82) is 0 Å². The molecule has 0 saturated carbocycles. The SMILES string of the molecule is Cc1cccc(C)c1NC(=O)C(=O)N[C@@H](C)c1ccccc1. The van der Waals surface area contributed by atoms with Gasteiger partial charge in [0.2, 0.25) is 0 Å². The van der Waals surface area contributed by atoms with Crippen LogP contribution in [0.5, 0.6) is 0 Å². The molecule has 0 aliphatic carbocycles. The molecule has 0 aromatic heterocycles. The predicted octanol–water partition coefficient (Wildman–Crippen LogP) is 3.12. The number of amides is 2. The number of rotatable bonds is 3. The first-order valence-electron chi connectivity index (χ1n) is 7.22. The molecule has 2 aromatic carbocycles. The van der Waals surface area contributed by atoms with Crippen molar-refractivity contribution in [1.82, 2.24) is 5.32 Å². The lowest BCUT2D eigenvalue weighted by atomic mass is 10.1. The van der Waals surface area contributed by atoms with Crippen LogP contribution in [0.2, 0.25) is 0 Å². The maximum Gasteiger partial charge on any atom is 0.313 e. The number of hydrogen-bond donors (Lipinski definition) is 2. The van der Waals surface area contributed by atoms with Gasteiger partial charge in [-0.1, -0.05) is 48.5 Å². The van der Waals surface area contributed by atoms with E-state index in [1.807, 2.05) is 69.3 Å². The van der Waals surface area contributed by atoms with Crippen LogP contribution in [0.4, 0.5) is 5.69 Å². The van der Waals surface area contributed by atoms with E-state index >= 15 is 0 Å². The summed E-state index contributed by atoms with van der Waals surface area (Å²) in [5.74, 6) is -1.29. The van der Waals surface area contributed by atoms with Gasteiger partial charge in [-0.15, -0.1) is 0 Å². The molecule has 0 unspecified atom stereocenters. The van der Waals surface area contributed by atoms with Gasteiger partial charge in [0, 0.05) is 5.69 Å². The van der Waals surface area contributed by atoms with Crippen LogP contribution in [-0.4, -0.2) is 11.8 Å². The lowest BCUT2D eigenvalue weighted by Gasteiger charge is -2.15. The minimum Gasteiger partial charge on any atom is -0.341 e. The molecule has 114 valence electrons. The summed E-state index contributed by atoms with van der Waals surface area (Å²) in [4.78, 5) is 24.1. The summed E-state index contributed by atoms with van der Waals surface area (Å²) in [6, 6.07) is 15.0. The van der Waals surface area contributed by atoms with Gasteiger partial charge in [0.05, 0.1) is 6.04 Å². The Morgan fingerprint density at radius 3 is 2.05 bits per heavy atom. The Labute approximate surface area is 130 Å². The summed E-state index contributed by atoms with van der Waals surface area (Å²) in [5.41, 5.74) is 3.50. The van der Waals surface area contributed by atoms with E-state index in [1.54, 1.807) is 0 Å². The standard InChI is InChI=1S/C18H20N2O2/c1-12-8-7-9-13(2)16(12)20-18(22)17(21)19-14(3)15-10-5-4-6-11-15/h4-11,14H,1-3H3,(H,19,21)(H,20,22)/t14-/m0/s1. The van der Waals surface area contributed by atoms with Gasteiger partial charge in [0.25, 0.3) is 0 Å². The third kappa shape index (κ3) is 3.73. The summed E-state index contributed by atoms with van der Waals surface area (Å²) in [7, 11) is 0. The van der Waals surface area contributed by atoms with E-state index in [-0.39, 0.29) is 6.04 Å². The Bertz CT molecular complexity index is 660. The molecule has 2 rings (SSSR count). The van der Waals surface area contributed by atoms with Gasteiger partial charge in [-0.3, -0.25) is 9.59 Å². The van der Waals surface area contributed by atoms with Crippen molar-refractivity contribution in [3.8, 4) is 0 Å². The lowest BCUT2D eigenvalue weighted by molar-refractivity contribution is -0.136. The van der Waals surface area contributed by atoms with Crippen molar-refractivity contribution in [2.75, 3.05) is 5.32 Å². The van der Waals surface area contributed by atoms with Gasteiger partial charge in [-0.05, 0) is 37.5 Å². The molecule has 0 radical (unpaired) electrons. The Morgan fingerprint density at radius 2 is 1.45 bits per heavy atom.